The molecule has 0 aliphatic rings. The maximum absolute atomic E-state index is 12.4. The highest BCUT2D eigenvalue weighted by atomic mass is 32.2. The zero-order valence-electron chi connectivity index (χ0n) is 14.3. The van der Waals surface area contributed by atoms with Crippen LogP contribution in [0.3, 0.4) is 0 Å². The molecule has 1 amide bonds. The van der Waals surface area contributed by atoms with Crippen molar-refractivity contribution < 1.29 is 27.3 Å². The highest BCUT2D eigenvalue weighted by Gasteiger charge is 2.38. The van der Waals surface area contributed by atoms with E-state index in [2.05, 4.69) is 0 Å². The van der Waals surface area contributed by atoms with Gasteiger partial charge in [0.2, 0.25) is 0 Å². The SMILES string of the molecule is CCC(CC)CS(=O)c1cccc(C(O)CCNC(=O)C(F)(F)F)c1. The number of nitrogens with one attached hydrogen (secondary N) is 1. The van der Waals surface area contributed by atoms with Gasteiger partial charge < -0.3 is 10.4 Å². The Bertz CT molecular complexity index is 589. The van der Waals surface area contributed by atoms with E-state index in [1.807, 2.05) is 13.8 Å². The maximum Gasteiger partial charge on any atom is 0.471 e. The smallest absolute Gasteiger partial charge is 0.388 e. The molecule has 1 rings (SSSR count). The first kappa shape index (κ1) is 21.6. The maximum atomic E-state index is 12.4. The van der Waals surface area contributed by atoms with Gasteiger partial charge in [0.1, 0.15) is 0 Å². The molecule has 2 atom stereocenters. The highest BCUT2D eigenvalue weighted by Crippen LogP contribution is 2.21. The molecule has 2 N–H and O–H groups in total. The lowest BCUT2D eigenvalue weighted by molar-refractivity contribution is -0.173. The molecule has 0 spiro atoms. The van der Waals surface area contributed by atoms with Crippen LogP contribution in [-0.4, -0.2) is 33.7 Å². The standard InChI is InChI=1S/C17H24F3NO3S/c1-3-12(4-2)11-25(24)14-7-5-6-13(10-14)15(22)8-9-21-16(23)17(18,19)20/h5-7,10,12,15,22H,3-4,8-9,11H2,1-2H3,(H,21,23). The van der Waals surface area contributed by atoms with Gasteiger partial charge in [0, 0.05) is 17.2 Å². The van der Waals surface area contributed by atoms with Gasteiger partial charge in [-0.3, -0.25) is 9.00 Å². The normalized spacial score (nSPS) is 14.4. The van der Waals surface area contributed by atoms with Gasteiger partial charge in [-0.1, -0.05) is 38.8 Å². The second-order valence-electron chi connectivity index (χ2n) is 5.83. The Hall–Kier alpha value is -1.41. The van der Waals surface area contributed by atoms with Crippen molar-refractivity contribution in [3.63, 3.8) is 0 Å². The van der Waals surface area contributed by atoms with E-state index in [1.54, 1.807) is 29.6 Å². The zero-order chi connectivity index (χ0) is 19.0. The van der Waals surface area contributed by atoms with Gasteiger partial charge in [-0.05, 0) is 30.0 Å². The second-order valence-corrected chi connectivity index (χ2v) is 7.32. The van der Waals surface area contributed by atoms with Crippen molar-refractivity contribution >= 4 is 16.7 Å². The van der Waals surface area contributed by atoms with Crippen LogP contribution < -0.4 is 5.32 Å². The Morgan fingerprint density at radius 2 is 1.92 bits per heavy atom. The fraction of sp³-hybridized carbons (Fsp3) is 0.588. The number of aliphatic hydroxyl groups excluding tert-OH is 1. The Kier molecular flexibility index (Phi) is 8.58. The van der Waals surface area contributed by atoms with E-state index in [9.17, 15) is 27.3 Å². The molecule has 0 bridgehead atoms. The van der Waals surface area contributed by atoms with E-state index < -0.39 is 29.0 Å². The molecule has 4 nitrogen and oxygen atoms in total. The molecule has 25 heavy (non-hydrogen) atoms. The summed E-state index contributed by atoms with van der Waals surface area (Å²) in [6.07, 6.45) is -4.17. The number of amides is 1. The number of halogens is 3. The van der Waals surface area contributed by atoms with Crippen LogP contribution in [0.1, 0.15) is 44.8 Å². The molecule has 0 aliphatic heterocycles. The summed E-state index contributed by atoms with van der Waals surface area (Å²) < 4.78 is 48.7. The first-order valence-corrected chi connectivity index (χ1v) is 9.52. The van der Waals surface area contributed by atoms with Crippen molar-refractivity contribution in [3.05, 3.63) is 29.8 Å². The fourth-order valence-electron chi connectivity index (χ4n) is 2.29. The van der Waals surface area contributed by atoms with Crippen molar-refractivity contribution in [2.45, 2.75) is 50.3 Å². The summed E-state index contributed by atoms with van der Waals surface area (Å²) >= 11 is 0. The molecule has 0 saturated heterocycles. The molecule has 2 unspecified atom stereocenters. The molecule has 0 heterocycles. The van der Waals surface area contributed by atoms with Gasteiger partial charge in [-0.25, -0.2) is 0 Å². The van der Waals surface area contributed by atoms with Crippen molar-refractivity contribution in [1.82, 2.24) is 5.32 Å². The molecule has 142 valence electrons. The molecule has 0 aliphatic carbocycles. The molecule has 0 aromatic heterocycles. The zero-order valence-corrected chi connectivity index (χ0v) is 15.1. The molecule has 8 heteroatoms. The largest absolute Gasteiger partial charge is 0.471 e. The summed E-state index contributed by atoms with van der Waals surface area (Å²) in [6, 6.07) is 6.59. The average Bonchev–Trinajstić information content (AvgIpc) is 2.58. The number of rotatable bonds is 9. The quantitative estimate of drug-likeness (QED) is 0.692. The lowest BCUT2D eigenvalue weighted by atomic mass is 10.1. The molecule has 0 fully saturated rings. The van der Waals surface area contributed by atoms with E-state index in [1.165, 1.54) is 0 Å². The monoisotopic (exact) mass is 379 g/mol. The minimum absolute atomic E-state index is 0.0650. The number of carbonyl (C=O) groups is 1. The lowest BCUT2D eigenvalue weighted by Crippen LogP contribution is -2.37. The van der Waals surface area contributed by atoms with Crippen molar-refractivity contribution in [2.75, 3.05) is 12.3 Å². The molecule has 1 aromatic rings. The van der Waals surface area contributed by atoms with E-state index >= 15 is 0 Å². The van der Waals surface area contributed by atoms with E-state index in [0.29, 0.717) is 22.1 Å². The van der Waals surface area contributed by atoms with Crippen LogP contribution in [0.4, 0.5) is 13.2 Å². The van der Waals surface area contributed by atoms with Crippen LogP contribution in [0.25, 0.3) is 0 Å². The third kappa shape index (κ3) is 7.15. The summed E-state index contributed by atoms with van der Waals surface area (Å²) in [6.45, 7) is 3.78. The Morgan fingerprint density at radius 1 is 1.28 bits per heavy atom. The van der Waals surface area contributed by atoms with Gasteiger partial charge in [-0.2, -0.15) is 13.2 Å². The first-order valence-electron chi connectivity index (χ1n) is 8.20. The third-order valence-electron chi connectivity index (χ3n) is 4.01. The van der Waals surface area contributed by atoms with Crippen LogP contribution in [0.5, 0.6) is 0 Å². The number of carbonyl (C=O) groups excluding carboxylic acids is 1. The van der Waals surface area contributed by atoms with Crippen LogP contribution in [0.2, 0.25) is 0 Å². The molecule has 0 saturated carbocycles. The average molecular weight is 379 g/mol. The molecular formula is C17H24F3NO3S. The number of aliphatic hydroxyl groups is 1. The van der Waals surface area contributed by atoms with Gasteiger partial charge in [-0.15, -0.1) is 0 Å². The van der Waals surface area contributed by atoms with E-state index in [4.69, 9.17) is 0 Å². The summed E-state index contributed by atoms with van der Waals surface area (Å²) in [5.74, 6) is -1.14. The second kappa shape index (κ2) is 9.91. The summed E-state index contributed by atoms with van der Waals surface area (Å²) in [5, 5.41) is 11.8. The molecular weight excluding hydrogens is 355 g/mol. The Morgan fingerprint density at radius 3 is 2.48 bits per heavy atom. The van der Waals surface area contributed by atoms with Crippen molar-refractivity contribution in [1.29, 1.82) is 0 Å². The van der Waals surface area contributed by atoms with E-state index in [-0.39, 0.29) is 13.0 Å². The van der Waals surface area contributed by atoms with Gasteiger partial charge in [0.05, 0.1) is 16.9 Å². The Balaban J connectivity index is 2.64. The van der Waals surface area contributed by atoms with Crippen LogP contribution in [0.15, 0.2) is 29.2 Å². The minimum Gasteiger partial charge on any atom is -0.388 e. The van der Waals surface area contributed by atoms with Crippen molar-refractivity contribution in [2.24, 2.45) is 5.92 Å². The molecule has 1 aromatic carbocycles. The van der Waals surface area contributed by atoms with Gasteiger partial charge in [0.15, 0.2) is 0 Å². The predicted octanol–water partition coefficient (Wildman–Crippen LogP) is 3.33. The molecule has 0 radical (unpaired) electrons. The first-order chi connectivity index (χ1) is 11.7. The predicted molar refractivity (Wildman–Crippen MR) is 90.4 cm³/mol. The van der Waals surface area contributed by atoms with Gasteiger partial charge >= 0.3 is 12.1 Å². The topological polar surface area (TPSA) is 66.4 Å². The minimum atomic E-state index is -4.93. The number of hydrogen-bond acceptors (Lipinski definition) is 3. The van der Waals surface area contributed by atoms with Gasteiger partial charge in [0.25, 0.3) is 0 Å². The summed E-state index contributed by atoms with van der Waals surface area (Å²) in [5.41, 5.74) is 0.469. The van der Waals surface area contributed by atoms with Crippen molar-refractivity contribution in [3.8, 4) is 0 Å². The summed E-state index contributed by atoms with van der Waals surface area (Å²) in [7, 11) is -1.19. The summed E-state index contributed by atoms with van der Waals surface area (Å²) in [4.78, 5) is 11.3. The van der Waals surface area contributed by atoms with Crippen LogP contribution in [0, 0.1) is 5.92 Å². The van der Waals surface area contributed by atoms with Crippen LogP contribution >= 0.6 is 0 Å². The Labute approximate surface area is 148 Å². The van der Waals surface area contributed by atoms with E-state index in [0.717, 1.165) is 12.8 Å². The number of alkyl halides is 3. The third-order valence-corrected chi connectivity index (χ3v) is 5.56. The lowest BCUT2D eigenvalue weighted by Gasteiger charge is -2.15. The highest BCUT2D eigenvalue weighted by molar-refractivity contribution is 7.85. The number of benzene rings is 1. The fourth-order valence-corrected chi connectivity index (χ4v) is 3.88. The number of hydrogen-bond donors (Lipinski definition) is 2. The van der Waals surface area contributed by atoms with Crippen LogP contribution in [-0.2, 0) is 15.6 Å².